The smallest absolute Gasteiger partial charge is 0.131 e. The lowest BCUT2D eigenvalue weighted by Gasteiger charge is -2.40. The van der Waals surface area contributed by atoms with Crippen LogP contribution in [-0.2, 0) is 4.74 Å². The molecule has 1 unspecified atom stereocenters. The molecule has 0 spiro atoms. The summed E-state index contributed by atoms with van der Waals surface area (Å²) in [6, 6.07) is 6.18. The van der Waals surface area contributed by atoms with Gasteiger partial charge in [0.2, 0.25) is 0 Å². The predicted molar refractivity (Wildman–Crippen MR) is 79.9 cm³/mol. The highest BCUT2D eigenvalue weighted by Gasteiger charge is 2.31. The van der Waals surface area contributed by atoms with E-state index in [2.05, 4.69) is 36.2 Å². The van der Waals surface area contributed by atoms with Gasteiger partial charge < -0.3 is 15.0 Å². The summed E-state index contributed by atoms with van der Waals surface area (Å²) in [6.07, 6.45) is 3.38. The molecule has 0 bridgehead atoms. The Balaban J connectivity index is 2.08. The topological polar surface area (TPSA) is 37.4 Å². The molecule has 0 aliphatic carbocycles. The monoisotopic (exact) mass is 263 g/mol. The van der Waals surface area contributed by atoms with E-state index in [1.807, 2.05) is 6.07 Å². The Morgan fingerprint density at radius 3 is 3.05 bits per heavy atom. The zero-order valence-corrected chi connectivity index (χ0v) is 12.3. The molecule has 1 aliphatic heterocycles. The molecule has 0 radical (unpaired) electrons. The van der Waals surface area contributed by atoms with Crippen molar-refractivity contribution in [2.45, 2.75) is 38.7 Å². The SMILES string of the molecule is CCCNc1cccc(N2CCCC(C)(OC)C2)n1. The van der Waals surface area contributed by atoms with Gasteiger partial charge in [-0.2, -0.15) is 0 Å². The van der Waals surface area contributed by atoms with E-state index in [0.29, 0.717) is 0 Å². The maximum absolute atomic E-state index is 5.64. The number of anilines is 2. The van der Waals surface area contributed by atoms with Gasteiger partial charge in [0.05, 0.1) is 5.60 Å². The fourth-order valence-corrected chi connectivity index (χ4v) is 2.52. The zero-order chi connectivity index (χ0) is 13.7. The lowest BCUT2D eigenvalue weighted by Crippen LogP contribution is -2.47. The maximum Gasteiger partial charge on any atom is 0.131 e. The van der Waals surface area contributed by atoms with Crippen LogP contribution in [0.25, 0.3) is 0 Å². The normalized spacial score (nSPS) is 23.4. The fraction of sp³-hybridized carbons (Fsp3) is 0.667. The molecule has 1 aromatic rings. The van der Waals surface area contributed by atoms with E-state index in [0.717, 1.165) is 50.5 Å². The van der Waals surface area contributed by atoms with Gasteiger partial charge in [-0.3, -0.25) is 0 Å². The van der Waals surface area contributed by atoms with Crippen molar-refractivity contribution in [3.8, 4) is 0 Å². The van der Waals surface area contributed by atoms with Crippen LogP contribution in [0.4, 0.5) is 11.6 Å². The van der Waals surface area contributed by atoms with E-state index in [1.54, 1.807) is 7.11 Å². The van der Waals surface area contributed by atoms with Crippen molar-refractivity contribution in [2.24, 2.45) is 0 Å². The van der Waals surface area contributed by atoms with Crippen LogP contribution in [0.2, 0.25) is 0 Å². The number of nitrogens with zero attached hydrogens (tertiary/aromatic N) is 2. The van der Waals surface area contributed by atoms with Crippen molar-refractivity contribution in [3.05, 3.63) is 18.2 Å². The second-order valence-corrected chi connectivity index (χ2v) is 5.49. The van der Waals surface area contributed by atoms with Crippen LogP contribution >= 0.6 is 0 Å². The van der Waals surface area contributed by atoms with Gasteiger partial charge in [-0.25, -0.2) is 4.98 Å². The van der Waals surface area contributed by atoms with E-state index >= 15 is 0 Å². The van der Waals surface area contributed by atoms with Crippen LogP contribution in [0.5, 0.6) is 0 Å². The largest absolute Gasteiger partial charge is 0.377 e. The molecule has 1 saturated heterocycles. The Morgan fingerprint density at radius 1 is 1.47 bits per heavy atom. The number of aromatic nitrogens is 1. The summed E-state index contributed by atoms with van der Waals surface area (Å²) in [5, 5.41) is 3.34. The minimum atomic E-state index is -0.0488. The van der Waals surface area contributed by atoms with Gasteiger partial charge in [0.1, 0.15) is 11.6 Å². The molecule has 2 heterocycles. The van der Waals surface area contributed by atoms with Crippen molar-refractivity contribution in [1.82, 2.24) is 4.98 Å². The number of hydrogen-bond donors (Lipinski definition) is 1. The first-order valence-electron chi connectivity index (χ1n) is 7.18. The molecule has 0 saturated carbocycles. The number of ether oxygens (including phenoxy) is 1. The summed E-state index contributed by atoms with van der Waals surface area (Å²) in [5.74, 6) is 2.01. The average Bonchev–Trinajstić information content (AvgIpc) is 2.45. The van der Waals surface area contributed by atoms with Gasteiger partial charge in [-0.1, -0.05) is 13.0 Å². The highest BCUT2D eigenvalue weighted by atomic mass is 16.5. The Morgan fingerprint density at radius 2 is 2.32 bits per heavy atom. The third-order valence-electron chi connectivity index (χ3n) is 3.77. The third-order valence-corrected chi connectivity index (χ3v) is 3.77. The average molecular weight is 263 g/mol. The molecule has 2 rings (SSSR count). The number of piperidine rings is 1. The highest BCUT2D eigenvalue weighted by Crippen LogP contribution is 2.27. The molecular weight excluding hydrogens is 238 g/mol. The minimum Gasteiger partial charge on any atom is -0.377 e. The molecule has 1 fully saturated rings. The van der Waals surface area contributed by atoms with Gasteiger partial charge in [-0.15, -0.1) is 0 Å². The summed E-state index contributed by atoms with van der Waals surface area (Å²) in [4.78, 5) is 7.02. The molecule has 1 aliphatic rings. The number of hydrogen-bond acceptors (Lipinski definition) is 4. The Kier molecular flexibility index (Phi) is 4.64. The van der Waals surface area contributed by atoms with Crippen molar-refractivity contribution < 1.29 is 4.74 Å². The quantitative estimate of drug-likeness (QED) is 0.886. The van der Waals surface area contributed by atoms with Crippen LogP contribution in [-0.4, -0.2) is 37.3 Å². The minimum absolute atomic E-state index is 0.0488. The Bertz CT molecular complexity index is 410. The van der Waals surface area contributed by atoms with Crippen molar-refractivity contribution in [1.29, 1.82) is 0 Å². The van der Waals surface area contributed by atoms with Crippen LogP contribution in [0.15, 0.2) is 18.2 Å². The molecule has 106 valence electrons. The molecule has 1 N–H and O–H groups in total. The standard InChI is InChI=1S/C15H25N3O/c1-4-10-16-13-7-5-8-14(17-13)18-11-6-9-15(2,12-18)19-3/h5,7-8H,4,6,9-12H2,1-3H3,(H,16,17). The summed E-state index contributed by atoms with van der Waals surface area (Å²) in [6.45, 7) is 7.27. The first-order valence-corrected chi connectivity index (χ1v) is 7.18. The summed E-state index contributed by atoms with van der Waals surface area (Å²) < 4.78 is 5.64. The summed E-state index contributed by atoms with van der Waals surface area (Å²) >= 11 is 0. The van der Waals surface area contributed by atoms with Crippen LogP contribution < -0.4 is 10.2 Å². The zero-order valence-electron chi connectivity index (χ0n) is 12.3. The molecule has 19 heavy (non-hydrogen) atoms. The van der Waals surface area contributed by atoms with E-state index in [-0.39, 0.29) is 5.60 Å². The molecule has 0 amide bonds. The Hall–Kier alpha value is -1.29. The van der Waals surface area contributed by atoms with Gasteiger partial charge in [0, 0.05) is 26.7 Å². The molecule has 4 nitrogen and oxygen atoms in total. The van der Waals surface area contributed by atoms with E-state index in [1.165, 1.54) is 0 Å². The van der Waals surface area contributed by atoms with E-state index in [9.17, 15) is 0 Å². The number of pyridine rings is 1. The summed E-state index contributed by atoms with van der Waals surface area (Å²) in [7, 11) is 1.80. The molecule has 1 aromatic heterocycles. The van der Waals surface area contributed by atoms with Crippen LogP contribution in [0.1, 0.15) is 33.1 Å². The molecule has 0 aromatic carbocycles. The van der Waals surface area contributed by atoms with Crippen LogP contribution in [0.3, 0.4) is 0 Å². The second kappa shape index (κ2) is 6.24. The first-order chi connectivity index (χ1) is 9.17. The summed E-state index contributed by atoms with van der Waals surface area (Å²) in [5.41, 5.74) is -0.0488. The van der Waals surface area contributed by atoms with Gasteiger partial charge >= 0.3 is 0 Å². The van der Waals surface area contributed by atoms with E-state index in [4.69, 9.17) is 9.72 Å². The lowest BCUT2D eigenvalue weighted by molar-refractivity contribution is -0.00481. The number of rotatable bonds is 5. The lowest BCUT2D eigenvalue weighted by atomic mass is 9.95. The number of methoxy groups -OCH3 is 1. The molecule has 1 atom stereocenters. The fourth-order valence-electron chi connectivity index (χ4n) is 2.52. The maximum atomic E-state index is 5.64. The molecular formula is C15H25N3O. The predicted octanol–water partition coefficient (Wildman–Crippen LogP) is 2.91. The Labute approximate surface area is 116 Å². The highest BCUT2D eigenvalue weighted by molar-refractivity contribution is 5.47. The van der Waals surface area contributed by atoms with Crippen molar-refractivity contribution >= 4 is 11.6 Å². The van der Waals surface area contributed by atoms with Crippen molar-refractivity contribution in [3.63, 3.8) is 0 Å². The van der Waals surface area contributed by atoms with E-state index < -0.39 is 0 Å². The molecule has 4 heteroatoms. The third kappa shape index (κ3) is 3.60. The second-order valence-electron chi connectivity index (χ2n) is 5.49. The number of nitrogens with one attached hydrogen (secondary N) is 1. The van der Waals surface area contributed by atoms with Crippen LogP contribution in [0, 0.1) is 0 Å². The van der Waals surface area contributed by atoms with Gasteiger partial charge in [0.25, 0.3) is 0 Å². The van der Waals surface area contributed by atoms with Gasteiger partial charge in [0.15, 0.2) is 0 Å². The van der Waals surface area contributed by atoms with Crippen molar-refractivity contribution in [2.75, 3.05) is 37.0 Å². The van der Waals surface area contributed by atoms with Gasteiger partial charge in [-0.05, 0) is 38.3 Å². The first kappa shape index (κ1) is 14.1.